The van der Waals surface area contributed by atoms with Crippen LogP contribution in [0.25, 0.3) is 0 Å². The molecule has 116 valence electrons. The first-order valence-corrected chi connectivity index (χ1v) is 8.20. The number of hydrogen-bond donors (Lipinski definition) is 2. The Morgan fingerprint density at radius 2 is 2.05 bits per heavy atom. The fourth-order valence-corrected chi connectivity index (χ4v) is 3.75. The zero-order valence-corrected chi connectivity index (χ0v) is 13.4. The van der Waals surface area contributed by atoms with Crippen LogP contribution in [0.4, 0.5) is 0 Å². The van der Waals surface area contributed by atoms with E-state index in [2.05, 4.69) is 10.4 Å². The van der Waals surface area contributed by atoms with E-state index in [1.54, 1.807) is 16.4 Å². The Morgan fingerprint density at radius 3 is 2.52 bits per heavy atom. The molecule has 0 saturated carbocycles. The lowest BCUT2D eigenvalue weighted by atomic mass is 9.92. The number of nitrogens with zero attached hydrogens (tertiary/aromatic N) is 2. The molecule has 1 aromatic rings. The van der Waals surface area contributed by atoms with Crippen molar-refractivity contribution in [1.29, 1.82) is 0 Å². The maximum absolute atomic E-state index is 12.4. The third-order valence-electron chi connectivity index (χ3n) is 3.89. The second kappa shape index (κ2) is 6.09. The first-order valence-electron chi connectivity index (χ1n) is 7.05. The summed E-state index contributed by atoms with van der Waals surface area (Å²) in [5.41, 5.74) is 0.0603. The number of amides is 1. The highest BCUT2D eigenvalue weighted by atomic mass is 32.2. The molecule has 1 fully saturated rings. The molecule has 0 radical (unpaired) electrons. The van der Waals surface area contributed by atoms with E-state index >= 15 is 0 Å². The molecule has 2 N–H and O–H groups in total. The van der Waals surface area contributed by atoms with E-state index < -0.39 is 11.5 Å². The molecule has 7 heteroatoms. The monoisotopic (exact) mass is 311 g/mol. The number of carboxylic acid groups (broad SMARTS) is 1. The largest absolute Gasteiger partial charge is 0.480 e. The summed E-state index contributed by atoms with van der Waals surface area (Å²) in [6.07, 6.45) is 2.42. The van der Waals surface area contributed by atoms with E-state index in [0.29, 0.717) is 18.4 Å². The molecule has 1 aromatic heterocycles. The van der Waals surface area contributed by atoms with Gasteiger partial charge in [0.05, 0.1) is 11.8 Å². The molecule has 1 aliphatic rings. The normalized spacial score (nSPS) is 17.7. The fraction of sp³-hybridized carbons (Fsp3) is 0.643. The summed E-state index contributed by atoms with van der Waals surface area (Å²) in [7, 11) is 0. The van der Waals surface area contributed by atoms with Gasteiger partial charge in [0.1, 0.15) is 5.54 Å². The van der Waals surface area contributed by atoms with Crippen LogP contribution >= 0.6 is 11.8 Å². The average molecular weight is 311 g/mol. The van der Waals surface area contributed by atoms with Gasteiger partial charge < -0.3 is 10.4 Å². The molecule has 21 heavy (non-hydrogen) atoms. The molecule has 2 heterocycles. The number of carbonyl (C=O) groups excluding carboxylic acids is 1. The van der Waals surface area contributed by atoms with Crippen LogP contribution in [-0.4, -0.2) is 43.8 Å². The van der Waals surface area contributed by atoms with Crippen LogP contribution in [-0.2, 0) is 4.79 Å². The fourth-order valence-electron chi connectivity index (χ4n) is 2.56. The Bertz CT molecular complexity index is 548. The lowest BCUT2D eigenvalue weighted by Gasteiger charge is -2.33. The zero-order valence-electron chi connectivity index (χ0n) is 12.5. The smallest absolute Gasteiger partial charge is 0.329 e. The van der Waals surface area contributed by atoms with Crippen LogP contribution in [0.5, 0.6) is 0 Å². The quantitative estimate of drug-likeness (QED) is 0.886. The SMILES string of the molecule is Cc1c(C(=O)NC2(C(=O)O)CCSCC2)cnn1C(C)C. The van der Waals surface area contributed by atoms with E-state index in [4.69, 9.17) is 0 Å². The summed E-state index contributed by atoms with van der Waals surface area (Å²) in [4.78, 5) is 24.0. The summed E-state index contributed by atoms with van der Waals surface area (Å²) in [5, 5.41) is 16.4. The Kier molecular flexibility index (Phi) is 4.61. The third kappa shape index (κ3) is 3.07. The Balaban J connectivity index is 2.22. The summed E-state index contributed by atoms with van der Waals surface area (Å²) in [5.74, 6) is 0.187. The van der Waals surface area contributed by atoms with Gasteiger partial charge in [-0.05, 0) is 45.1 Å². The molecule has 2 rings (SSSR count). The van der Waals surface area contributed by atoms with Crippen LogP contribution in [0.2, 0.25) is 0 Å². The topological polar surface area (TPSA) is 84.2 Å². The highest BCUT2D eigenvalue weighted by Crippen LogP contribution is 2.28. The van der Waals surface area contributed by atoms with Crippen LogP contribution in [0, 0.1) is 6.92 Å². The van der Waals surface area contributed by atoms with E-state index in [0.717, 1.165) is 17.2 Å². The van der Waals surface area contributed by atoms with Gasteiger partial charge in [-0.2, -0.15) is 16.9 Å². The maximum atomic E-state index is 12.4. The molecule has 0 spiro atoms. The standard InChI is InChI=1S/C14H21N3O3S/c1-9(2)17-10(3)11(8-15-17)12(18)16-14(13(19)20)4-6-21-7-5-14/h8-9H,4-7H2,1-3H3,(H,16,18)(H,19,20). The highest BCUT2D eigenvalue weighted by Gasteiger charge is 2.41. The molecular formula is C14H21N3O3S. The number of carbonyl (C=O) groups is 2. The van der Waals surface area contributed by atoms with Gasteiger partial charge >= 0.3 is 5.97 Å². The Hall–Kier alpha value is -1.50. The van der Waals surface area contributed by atoms with E-state index in [1.807, 2.05) is 20.8 Å². The number of aliphatic carboxylic acids is 1. The molecule has 1 amide bonds. The number of rotatable bonds is 4. The van der Waals surface area contributed by atoms with Crippen LogP contribution in [0.3, 0.4) is 0 Å². The second-order valence-corrected chi connectivity index (χ2v) is 6.86. The summed E-state index contributed by atoms with van der Waals surface area (Å²) < 4.78 is 1.76. The minimum atomic E-state index is -1.14. The van der Waals surface area contributed by atoms with Crippen molar-refractivity contribution in [3.05, 3.63) is 17.5 Å². The van der Waals surface area contributed by atoms with Crippen molar-refractivity contribution in [2.75, 3.05) is 11.5 Å². The molecule has 1 aliphatic heterocycles. The summed E-state index contributed by atoms with van der Waals surface area (Å²) >= 11 is 1.72. The van der Waals surface area contributed by atoms with Gasteiger partial charge in [0, 0.05) is 11.7 Å². The number of hydrogen-bond acceptors (Lipinski definition) is 4. The second-order valence-electron chi connectivity index (χ2n) is 5.64. The van der Waals surface area contributed by atoms with Crippen LogP contribution in [0.15, 0.2) is 6.20 Å². The minimum Gasteiger partial charge on any atom is -0.480 e. The van der Waals surface area contributed by atoms with Gasteiger partial charge in [0.2, 0.25) is 0 Å². The molecule has 0 aromatic carbocycles. The summed E-state index contributed by atoms with van der Waals surface area (Å²) in [6, 6.07) is 0.158. The lowest BCUT2D eigenvalue weighted by molar-refractivity contribution is -0.144. The van der Waals surface area contributed by atoms with Gasteiger partial charge in [0.15, 0.2) is 0 Å². The summed E-state index contributed by atoms with van der Waals surface area (Å²) in [6.45, 7) is 5.80. The molecule has 0 aliphatic carbocycles. The first-order chi connectivity index (χ1) is 9.87. The van der Waals surface area contributed by atoms with Crippen molar-refractivity contribution in [3.8, 4) is 0 Å². The molecule has 0 bridgehead atoms. The molecular weight excluding hydrogens is 290 g/mol. The molecule has 1 saturated heterocycles. The van der Waals surface area contributed by atoms with Crippen molar-refractivity contribution in [2.24, 2.45) is 0 Å². The predicted molar refractivity (Wildman–Crippen MR) is 81.7 cm³/mol. The average Bonchev–Trinajstić information content (AvgIpc) is 2.81. The highest BCUT2D eigenvalue weighted by molar-refractivity contribution is 7.99. The van der Waals surface area contributed by atoms with Crippen LogP contribution < -0.4 is 5.32 Å². The Morgan fingerprint density at radius 1 is 1.43 bits per heavy atom. The molecule has 0 unspecified atom stereocenters. The van der Waals surface area contributed by atoms with Crippen molar-refractivity contribution in [1.82, 2.24) is 15.1 Å². The van der Waals surface area contributed by atoms with Crippen LogP contribution in [0.1, 0.15) is 48.8 Å². The van der Waals surface area contributed by atoms with Crippen molar-refractivity contribution in [3.63, 3.8) is 0 Å². The van der Waals surface area contributed by atoms with E-state index in [9.17, 15) is 14.7 Å². The maximum Gasteiger partial charge on any atom is 0.329 e. The number of nitrogens with one attached hydrogen (secondary N) is 1. The van der Waals surface area contributed by atoms with E-state index in [1.165, 1.54) is 6.20 Å². The number of aromatic nitrogens is 2. The van der Waals surface area contributed by atoms with Crippen molar-refractivity contribution in [2.45, 2.75) is 45.2 Å². The van der Waals surface area contributed by atoms with Gasteiger partial charge in [0.25, 0.3) is 5.91 Å². The van der Waals surface area contributed by atoms with E-state index in [-0.39, 0.29) is 11.9 Å². The van der Waals surface area contributed by atoms with Crippen molar-refractivity contribution < 1.29 is 14.7 Å². The Labute approximate surface area is 128 Å². The van der Waals surface area contributed by atoms with Gasteiger partial charge in [-0.3, -0.25) is 9.48 Å². The first kappa shape index (κ1) is 15.9. The zero-order chi connectivity index (χ0) is 15.6. The molecule has 0 atom stereocenters. The van der Waals surface area contributed by atoms with Gasteiger partial charge in [-0.15, -0.1) is 0 Å². The third-order valence-corrected chi connectivity index (χ3v) is 4.87. The number of thioether (sulfide) groups is 1. The van der Waals surface area contributed by atoms with Gasteiger partial charge in [-0.1, -0.05) is 0 Å². The minimum absolute atomic E-state index is 0.158. The van der Waals surface area contributed by atoms with Gasteiger partial charge in [-0.25, -0.2) is 4.79 Å². The lowest BCUT2D eigenvalue weighted by Crippen LogP contribution is -2.56. The molecule has 6 nitrogen and oxygen atoms in total. The number of carboxylic acids is 1. The predicted octanol–water partition coefficient (Wildman–Crippen LogP) is 1.85. The van der Waals surface area contributed by atoms with Crippen molar-refractivity contribution >= 4 is 23.6 Å².